The molecule has 0 saturated carbocycles. The van der Waals surface area contributed by atoms with E-state index in [-0.39, 0.29) is 5.56 Å². The van der Waals surface area contributed by atoms with E-state index in [0.29, 0.717) is 39.6 Å². The minimum Gasteiger partial charge on any atom is -0.497 e. The molecule has 0 aliphatic heterocycles. The lowest BCUT2D eigenvalue weighted by molar-refractivity contribution is 0.0699. The highest BCUT2D eigenvalue weighted by atomic mass is 16.5. The number of ether oxygens (including phenoxy) is 4. The number of aromatic carboxylic acids is 1. The molecular formula is C26H23NO6. The van der Waals surface area contributed by atoms with Gasteiger partial charge in [-0.2, -0.15) is 0 Å². The van der Waals surface area contributed by atoms with Crippen LogP contribution in [-0.4, -0.2) is 44.5 Å². The van der Waals surface area contributed by atoms with E-state index in [1.807, 2.05) is 48.5 Å². The van der Waals surface area contributed by atoms with Crippen LogP contribution in [0.3, 0.4) is 0 Å². The summed E-state index contributed by atoms with van der Waals surface area (Å²) in [6, 6.07) is 18.1. The smallest absolute Gasteiger partial charge is 0.336 e. The van der Waals surface area contributed by atoms with Crippen LogP contribution in [0, 0.1) is 0 Å². The first-order chi connectivity index (χ1) is 16.0. The number of hydrogen-bond acceptors (Lipinski definition) is 6. The van der Waals surface area contributed by atoms with Crippen molar-refractivity contribution in [1.82, 2.24) is 4.98 Å². The van der Waals surface area contributed by atoms with Crippen LogP contribution in [0.25, 0.3) is 33.3 Å². The summed E-state index contributed by atoms with van der Waals surface area (Å²) in [5.74, 6) is 1.24. The average molecular weight is 445 g/mol. The van der Waals surface area contributed by atoms with Crippen molar-refractivity contribution in [3.63, 3.8) is 0 Å². The molecule has 168 valence electrons. The Kier molecular flexibility index (Phi) is 6.04. The summed E-state index contributed by atoms with van der Waals surface area (Å²) in [7, 11) is 6.26. The van der Waals surface area contributed by atoms with Gasteiger partial charge >= 0.3 is 5.97 Å². The van der Waals surface area contributed by atoms with Gasteiger partial charge in [0.05, 0.1) is 45.2 Å². The largest absolute Gasteiger partial charge is 0.497 e. The van der Waals surface area contributed by atoms with Gasteiger partial charge in [0, 0.05) is 10.9 Å². The van der Waals surface area contributed by atoms with Crippen LogP contribution in [0.15, 0.2) is 60.7 Å². The number of carboxylic acids is 1. The number of pyridine rings is 1. The van der Waals surface area contributed by atoms with Gasteiger partial charge in [0.25, 0.3) is 0 Å². The maximum atomic E-state index is 12.0. The molecule has 1 heterocycles. The summed E-state index contributed by atoms with van der Waals surface area (Å²) in [6.07, 6.45) is 0. The third-order valence-corrected chi connectivity index (χ3v) is 5.42. The molecular weight excluding hydrogens is 422 g/mol. The van der Waals surface area contributed by atoms with Gasteiger partial charge in [0.1, 0.15) is 5.75 Å². The van der Waals surface area contributed by atoms with Crippen LogP contribution in [0.4, 0.5) is 0 Å². The number of benzene rings is 3. The molecule has 0 unspecified atom stereocenters. The van der Waals surface area contributed by atoms with Gasteiger partial charge in [0.2, 0.25) is 5.75 Å². The minimum atomic E-state index is -1.02. The van der Waals surface area contributed by atoms with Gasteiger partial charge in [-0.3, -0.25) is 0 Å². The molecule has 1 N–H and O–H groups in total. The van der Waals surface area contributed by atoms with Gasteiger partial charge in [-0.25, -0.2) is 9.78 Å². The number of aromatic nitrogens is 1. The second-order valence-corrected chi connectivity index (χ2v) is 7.23. The molecule has 0 aliphatic carbocycles. The summed E-state index contributed by atoms with van der Waals surface area (Å²) < 4.78 is 21.6. The van der Waals surface area contributed by atoms with Crippen LogP contribution < -0.4 is 18.9 Å². The molecule has 0 aliphatic rings. The Morgan fingerprint density at radius 1 is 0.727 bits per heavy atom. The van der Waals surface area contributed by atoms with Crippen molar-refractivity contribution < 1.29 is 28.8 Å². The van der Waals surface area contributed by atoms with E-state index in [4.69, 9.17) is 23.9 Å². The fraction of sp³-hybridized carbons (Fsp3) is 0.154. The first-order valence-corrected chi connectivity index (χ1v) is 10.1. The quantitative estimate of drug-likeness (QED) is 0.413. The predicted molar refractivity (Wildman–Crippen MR) is 126 cm³/mol. The fourth-order valence-corrected chi connectivity index (χ4v) is 3.74. The first kappa shape index (κ1) is 22.0. The zero-order valence-electron chi connectivity index (χ0n) is 18.7. The van der Waals surface area contributed by atoms with Gasteiger partial charge < -0.3 is 24.1 Å². The van der Waals surface area contributed by atoms with Crippen LogP contribution in [0.5, 0.6) is 23.0 Å². The lowest BCUT2D eigenvalue weighted by atomic mass is 9.99. The molecule has 7 nitrogen and oxygen atoms in total. The maximum absolute atomic E-state index is 12.0. The van der Waals surface area contributed by atoms with E-state index in [9.17, 15) is 9.90 Å². The number of methoxy groups -OCH3 is 4. The van der Waals surface area contributed by atoms with Crippen LogP contribution in [0.2, 0.25) is 0 Å². The van der Waals surface area contributed by atoms with Gasteiger partial charge in [-0.05, 0) is 59.7 Å². The zero-order chi connectivity index (χ0) is 23.5. The Hall–Kier alpha value is -4.26. The van der Waals surface area contributed by atoms with Crippen LogP contribution in [-0.2, 0) is 0 Å². The molecule has 0 fully saturated rings. The van der Waals surface area contributed by atoms with E-state index >= 15 is 0 Å². The Bertz CT molecular complexity index is 1310. The van der Waals surface area contributed by atoms with E-state index in [1.165, 1.54) is 0 Å². The average Bonchev–Trinajstić information content (AvgIpc) is 2.86. The summed E-state index contributed by atoms with van der Waals surface area (Å²) in [5, 5.41) is 10.4. The van der Waals surface area contributed by atoms with Crippen molar-refractivity contribution in [2.75, 3.05) is 28.4 Å². The third kappa shape index (κ3) is 4.13. The predicted octanol–water partition coefficient (Wildman–Crippen LogP) is 5.30. The molecule has 7 heteroatoms. The summed E-state index contributed by atoms with van der Waals surface area (Å²) in [6.45, 7) is 0. The second kappa shape index (κ2) is 9.08. The normalized spacial score (nSPS) is 10.7. The van der Waals surface area contributed by atoms with Gasteiger partial charge in [-0.1, -0.05) is 12.1 Å². The molecule has 0 bridgehead atoms. The van der Waals surface area contributed by atoms with E-state index in [0.717, 1.165) is 16.7 Å². The number of carboxylic acid groups (broad SMARTS) is 1. The highest BCUT2D eigenvalue weighted by Gasteiger charge is 2.17. The molecule has 33 heavy (non-hydrogen) atoms. The van der Waals surface area contributed by atoms with Gasteiger partial charge in [0.15, 0.2) is 11.5 Å². The van der Waals surface area contributed by atoms with Crippen molar-refractivity contribution in [3.8, 4) is 45.4 Å². The molecule has 4 rings (SSSR count). The van der Waals surface area contributed by atoms with Crippen LogP contribution in [0.1, 0.15) is 10.4 Å². The second-order valence-electron chi connectivity index (χ2n) is 7.23. The summed E-state index contributed by atoms with van der Waals surface area (Å²) in [5.41, 5.74) is 3.75. The standard InChI is InChI=1S/C26H23NO6/c1-30-18-8-5-15(6-9-18)21-14-20(26(28)29)19-10-7-16(11-22(19)27-21)17-12-23(31-2)25(33-4)24(13-17)32-3/h5-14H,1-4H3,(H,28,29). The van der Waals surface area contributed by atoms with Crippen LogP contribution >= 0.6 is 0 Å². The lowest BCUT2D eigenvalue weighted by Crippen LogP contribution is -2.01. The topological polar surface area (TPSA) is 87.1 Å². The maximum Gasteiger partial charge on any atom is 0.336 e. The van der Waals surface area contributed by atoms with Crippen molar-refractivity contribution in [2.45, 2.75) is 0 Å². The SMILES string of the molecule is COc1ccc(-c2cc(C(=O)O)c3ccc(-c4cc(OC)c(OC)c(OC)c4)cc3n2)cc1. The Morgan fingerprint density at radius 2 is 1.36 bits per heavy atom. The molecule has 4 aromatic rings. The number of nitrogens with zero attached hydrogens (tertiary/aromatic N) is 1. The minimum absolute atomic E-state index is 0.183. The number of carbonyl (C=O) groups is 1. The summed E-state index contributed by atoms with van der Waals surface area (Å²) >= 11 is 0. The van der Waals surface area contributed by atoms with Crippen molar-refractivity contribution in [3.05, 3.63) is 66.2 Å². The number of rotatable bonds is 7. The zero-order valence-corrected chi connectivity index (χ0v) is 18.7. The lowest BCUT2D eigenvalue weighted by Gasteiger charge is -2.15. The summed E-state index contributed by atoms with van der Waals surface area (Å²) in [4.78, 5) is 16.8. The molecule has 1 aromatic heterocycles. The van der Waals surface area contributed by atoms with E-state index in [1.54, 1.807) is 40.6 Å². The molecule has 0 atom stereocenters. The molecule has 0 amide bonds. The van der Waals surface area contributed by atoms with Crippen molar-refractivity contribution >= 4 is 16.9 Å². The molecule has 0 saturated heterocycles. The number of hydrogen-bond donors (Lipinski definition) is 1. The van der Waals surface area contributed by atoms with Gasteiger partial charge in [-0.15, -0.1) is 0 Å². The van der Waals surface area contributed by atoms with E-state index in [2.05, 4.69) is 0 Å². The highest BCUT2D eigenvalue weighted by molar-refractivity contribution is 6.04. The van der Waals surface area contributed by atoms with Crippen molar-refractivity contribution in [2.24, 2.45) is 0 Å². The Morgan fingerprint density at radius 3 is 1.91 bits per heavy atom. The van der Waals surface area contributed by atoms with Crippen molar-refractivity contribution in [1.29, 1.82) is 0 Å². The molecule has 3 aromatic carbocycles. The Labute approximate surface area is 191 Å². The third-order valence-electron chi connectivity index (χ3n) is 5.42. The fourth-order valence-electron chi connectivity index (χ4n) is 3.74. The molecule has 0 radical (unpaired) electrons. The Balaban J connectivity index is 1.90. The monoisotopic (exact) mass is 445 g/mol. The molecule has 0 spiro atoms. The first-order valence-electron chi connectivity index (χ1n) is 10.1. The highest BCUT2D eigenvalue weighted by Crippen LogP contribution is 2.41. The van der Waals surface area contributed by atoms with E-state index < -0.39 is 5.97 Å². The number of fused-ring (bicyclic) bond motifs is 1.